The highest BCUT2D eigenvalue weighted by Gasteiger charge is 2.23. The molecule has 0 bridgehead atoms. The van der Waals surface area contributed by atoms with Gasteiger partial charge in [-0.3, -0.25) is 4.79 Å². The first-order valence-electron chi connectivity index (χ1n) is 8.87. The van der Waals surface area contributed by atoms with Crippen LogP contribution in [0.3, 0.4) is 0 Å². The minimum atomic E-state index is -0.132. The molecule has 3 rings (SSSR count). The Morgan fingerprint density at radius 2 is 1.58 bits per heavy atom. The monoisotopic (exact) mass is 397 g/mol. The van der Waals surface area contributed by atoms with Crippen molar-refractivity contribution in [2.45, 2.75) is 47.0 Å². The van der Waals surface area contributed by atoms with Crippen LogP contribution in [0.25, 0.3) is 0 Å². The Labute approximate surface area is 165 Å². The number of aryl methyl sites for hydroxylation is 2. The summed E-state index contributed by atoms with van der Waals surface area (Å²) < 4.78 is 12.3. The van der Waals surface area contributed by atoms with E-state index in [0.29, 0.717) is 34.3 Å². The topological polar surface area (TPSA) is 20.3 Å². The molecule has 1 aliphatic heterocycles. The third-order valence-corrected chi connectivity index (χ3v) is 4.41. The van der Waals surface area contributed by atoms with Gasteiger partial charge in [-0.1, -0.05) is 55.2 Å². The molecule has 2 aromatic rings. The van der Waals surface area contributed by atoms with Gasteiger partial charge in [-0.15, -0.1) is 0 Å². The first-order valence-corrected chi connectivity index (χ1v) is 9.63. The lowest BCUT2D eigenvalue weighted by atomic mass is 10.1. The van der Waals surface area contributed by atoms with Gasteiger partial charge < -0.3 is 4.90 Å². The highest BCUT2D eigenvalue weighted by Crippen LogP contribution is 2.36. The molecule has 0 unspecified atom stereocenters. The number of amides is 1. The van der Waals surface area contributed by atoms with Crippen molar-refractivity contribution in [1.82, 2.24) is 0 Å². The number of carbonyl (C=O) groups is 1. The maximum Gasteiger partial charge on any atom is 0.227 e. The molecule has 26 heavy (non-hydrogen) atoms. The first-order chi connectivity index (χ1) is 12.4. The molecule has 0 N–H and O–H groups in total. The molecule has 0 spiro atoms. The number of carbonyl (C=O) groups excluding carboxylic acids is 1. The molecule has 2 aromatic carbocycles. The van der Waals surface area contributed by atoms with Crippen molar-refractivity contribution in [2.75, 3.05) is 11.4 Å². The lowest BCUT2D eigenvalue weighted by Gasteiger charge is -2.28. The lowest BCUT2D eigenvalue weighted by molar-refractivity contribution is -0.119. The van der Waals surface area contributed by atoms with E-state index in [9.17, 15) is 9.18 Å². The molecule has 0 aromatic heterocycles. The molecule has 142 valence electrons. The average Bonchev–Trinajstić information content (AvgIpc) is 2.61. The minimum Gasteiger partial charge on any atom is -0.310 e. The van der Waals surface area contributed by atoms with Crippen molar-refractivity contribution in [3.63, 3.8) is 0 Å². The Bertz CT molecular complexity index is 690. The van der Waals surface area contributed by atoms with Gasteiger partial charge in [0.05, 0.1) is 15.7 Å². The molecular weight excluding hydrogens is 372 g/mol. The largest absolute Gasteiger partial charge is 0.310 e. The zero-order chi connectivity index (χ0) is 19.7. The molecule has 0 aliphatic carbocycles. The van der Waals surface area contributed by atoms with Crippen LogP contribution in [0, 0.1) is 19.7 Å². The summed E-state index contributed by atoms with van der Waals surface area (Å²) in [5.74, 6) is -0.0218. The highest BCUT2D eigenvalue weighted by molar-refractivity contribution is 6.40. The van der Waals surface area contributed by atoms with Gasteiger partial charge in [-0.2, -0.15) is 0 Å². The van der Waals surface area contributed by atoms with Crippen LogP contribution >= 0.6 is 23.2 Å². The second kappa shape index (κ2) is 11.2. The molecule has 1 fully saturated rings. The Kier molecular flexibility index (Phi) is 9.68. The third kappa shape index (κ3) is 6.30. The first kappa shape index (κ1) is 22.5. The Morgan fingerprint density at radius 3 is 2.04 bits per heavy atom. The maximum atomic E-state index is 12.3. The predicted octanol–water partition coefficient (Wildman–Crippen LogP) is 6.98. The number of rotatable bonds is 1. The fourth-order valence-corrected chi connectivity index (χ4v) is 3.34. The van der Waals surface area contributed by atoms with Crippen LogP contribution in [-0.4, -0.2) is 12.5 Å². The van der Waals surface area contributed by atoms with E-state index in [1.165, 1.54) is 6.07 Å². The summed E-state index contributed by atoms with van der Waals surface area (Å²) in [6, 6.07) is 10.4. The standard InChI is InChI=1S/C12H13Cl2NO.C7H7F.C2H6/c1-8-6-9(13)12(10(14)7-8)15-5-3-2-4-11(15)16;1-6-4-2-3-5-7(6)8;1-2/h6-7H,2-5H2,1H3;2-5H,1H3;1-2H3. The summed E-state index contributed by atoms with van der Waals surface area (Å²) in [7, 11) is 0. The van der Waals surface area contributed by atoms with Crippen LogP contribution in [0.4, 0.5) is 10.1 Å². The summed E-state index contributed by atoms with van der Waals surface area (Å²) in [6.07, 6.45) is 2.54. The van der Waals surface area contributed by atoms with Crippen molar-refractivity contribution < 1.29 is 9.18 Å². The number of benzene rings is 2. The van der Waals surface area contributed by atoms with Gasteiger partial charge in [0.1, 0.15) is 5.82 Å². The van der Waals surface area contributed by atoms with E-state index in [1.54, 1.807) is 24.0 Å². The number of hydrogen-bond acceptors (Lipinski definition) is 1. The zero-order valence-corrected chi connectivity index (χ0v) is 17.3. The van der Waals surface area contributed by atoms with E-state index in [1.807, 2.05) is 39.0 Å². The summed E-state index contributed by atoms with van der Waals surface area (Å²) in [5, 5.41) is 1.11. The van der Waals surface area contributed by atoms with Gasteiger partial charge in [-0.25, -0.2) is 4.39 Å². The maximum absolute atomic E-state index is 12.3. The van der Waals surface area contributed by atoms with Crippen molar-refractivity contribution in [2.24, 2.45) is 0 Å². The fraction of sp³-hybridized carbons (Fsp3) is 0.381. The molecule has 1 aliphatic rings. The predicted molar refractivity (Wildman–Crippen MR) is 110 cm³/mol. The molecule has 0 radical (unpaired) electrons. The van der Waals surface area contributed by atoms with Gasteiger partial charge in [0, 0.05) is 13.0 Å². The molecule has 1 amide bonds. The minimum absolute atomic E-state index is 0.110. The number of piperidine rings is 1. The molecule has 0 saturated carbocycles. The van der Waals surface area contributed by atoms with Crippen LogP contribution in [0.15, 0.2) is 36.4 Å². The van der Waals surface area contributed by atoms with E-state index in [2.05, 4.69) is 0 Å². The second-order valence-corrected chi connectivity index (χ2v) is 6.64. The number of nitrogens with zero attached hydrogens (tertiary/aromatic N) is 1. The van der Waals surface area contributed by atoms with Crippen molar-refractivity contribution in [3.8, 4) is 0 Å². The fourth-order valence-electron chi connectivity index (χ4n) is 2.54. The van der Waals surface area contributed by atoms with Crippen molar-refractivity contribution in [1.29, 1.82) is 0 Å². The Hall–Kier alpha value is -1.58. The van der Waals surface area contributed by atoms with E-state index in [-0.39, 0.29) is 11.7 Å². The van der Waals surface area contributed by atoms with Crippen molar-refractivity contribution >= 4 is 34.8 Å². The van der Waals surface area contributed by atoms with Gasteiger partial charge >= 0.3 is 0 Å². The van der Waals surface area contributed by atoms with E-state index >= 15 is 0 Å². The molecule has 2 nitrogen and oxygen atoms in total. The third-order valence-electron chi connectivity index (χ3n) is 3.83. The number of hydrogen-bond donors (Lipinski definition) is 0. The summed E-state index contributed by atoms with van der Waals surface area (Å²) >= 11 is 12.3. The normalized spacial score (nSPS) is 13.3. The zero-order valence-electron chi connectivity index (χ0n) is 15.8. The SMILES string of the molecule is CC.Cc1cc(Cl)c(N2CCCCC2=O)c(Cl)c1.Cc1ccccc1F. The van der Waals surface area contributed by atoms with Gasteiger partial charge in [0.15, 0.2) is 0 Å². The Balaban J connectivity index is 0.000000284. The van der Waals surface area contributed by atoms with E-state index in [4.69, 9.17) is 23.2 Å². The van der Waals surface area contributed by atoms with Gasteiger partial charge in [-0.05, 0) is 56.0 Å². The molecule has 5 heteroatoms. The van der Waals surface area contributed by atoms with Gasteiger partial charge in [0.25, 0.3) is 0 Å². The molecule has 1 saturated heterocycles. The van der Waals surface area contributed by atoms with Gasteiger partial charge in [0.2, 0.25) is 5.91 Å². The molecule has 1 heterocycles. The average molecular weight is 398 g/mol. The number of anilines is 1. The summed E-state index contributed by atoms with van der Waals surface area (Å²) in [5.41, 5.74) is 2.37. The summed E-state index contributed by atoms with van der Waals surface area (Å²) in [6.45, 7) is 8.39. The number of halogens is 3. The summed E-state index contributed by atoms with van der Waals surface area (Å²) in [4.78, 5) is 13.5. The van der Waals surface area contributed by atoms with Crippen LogP contribution in [0.1, 0.15) is 44.2 Å². The highest BCUT2D eigenvalue weighted by atomic mass is 35.5. The molecule has 0 atom stereocenters. The van der Waals surface area contributed by atoms with Crippen molar-refractivity contribution in [3.05, 3.63) is 63.4 Å². The van der Waals surface area contributed by atoms with Crippen LogP contribution in [0.2, 0.25) is 10.0 Å². The van der Waals surface area contributed by atoms with E-state index < -0.39 is 0 Å². The second-order valence-electron chi connectivity index (χ2n) is 5.83. The molecular formula is C21H26Cl2FNO. The van der Waals surface area contributed by atoms with E-state index in [0.717, 1.165) is 18.4 Å². The lowest BCUT2D eigenvalue weighted by Crippen LogP contribution is -2.35. The van der Waals surface area contributed by atoms with Crippen LogP contribution < -0.4 is 4.90 Å². The van der Waals surface area contributed by atoms with Crippen LogP contribution in [-0.2, 0) is 4.79 Å². The Morgan fingerprint density at radius 1 is 1.00 bits per heavy atom. The van der Waals surface area contributed by atoms with Crippen LogP contribution in [0.5, 0.6) is 0 Å². The quantitative estimate of drug-likeness (QED) is 0.508. The smallest absolute Gasteiger partial charge is 0.227 e.